The zero-order valence-corrected chi connectivity index (χ0v) is 11.6. The Balaban J connectivity index is 2.95. The van der Waals surface area contributed by atoms with Gasteiger partial charge in [0.2, 0.25) is 6.29 Å². The third kappa shape index (κ3) is 4.64. The number of ether oxygens (including phenoxy) is 3. The van der Waals surface area contributed by atoms with Gasteiger partial charge in [0.05, 0.1) is 0 Å². The molecule has 1 fully saturated rings. The summed E-state index contributed by atoms with van der Waals surface area (Å²) in [6.07, 6.45) is -0.407. The molecule has 2 unspecified atom stereocenters. The van der Waals surface area contributed by atoms with Crippen molar-refractivity contribution >= 4 is 24.2 Å². The first kappa shape index (κ1) is 16.1. The minimum absolute atomic E-state index is 0.179. The Morgan fingerprint density at radius 2 is 1.25 bits per heavy atom. The second-order valence-corrected chi connectivity index (χ2v) is 4.66. The van der Waals surface area contributed by atoms with E-state index in [0.717, 1.165) is 0 Å². The van der Waals surface area contributed by atoms with Crippen LogP contribution in [0.25, 0.3) is 0 Å². The third-order valence-electron chi connectivity index (χ3n) is 2.87. The molecule has 1 aliphatic carbocycles. The molecule has 1 saturated carbocycles. The van der Waals surface area contributed by atoms with Gasteiger partial charge in [0, 0.05) is 26.7 Å². The van der Waals surface area contributed by atoms with Crippen LogP contribution in [0.1, 0.15) is 33.6 Å². The Morgan fingerprint density at radius 1 is 0.850 bits per heavy atom. The highest BCUT2D eigenvalue weighted by Gasteiger charge is 2.44. The van der Waals surface area contributed by atoms with Gasteiger partial charge in [-0.3, -0.25) is 19.2 Å². The molecule has 0 amide bonds. The zero-order valence-electron chi connectivity index (χ0n) is 11.6. The van der Waals surface area contributed by atoms with Gasteiger partial charge in [0.25, 0.3) is 0 Å². The molecule has 1 radical (unpaired) electrons. The molecule has 0 aromatic heterocycles. The van der Waals surface area contributed by atoms with Gasteiger partial charge in [-0.05, 0) is 12.8 Å². The summed E-state index contributed by atoms with van der Waals surface area (Å²) in [4.78, 5) is 44.2. The maximum absolute atomic E-state index is 11.1. The van der Waals surface area contributed by atoms with E-state index in [1.165, 1.54) is 20.8 Å². The van der Waals surface area contributed by atoms with E-state index < -0.39 is 42.1 Å². The van der Waals surface area contributed by atoms with E-state index in [9.17, 15) is 19.2 Å². The predicted molar refractivity (Wildman–Crippen MR) is 65.1 cm³/mol. The second kappa shape index (κ2) is 7.02. The van der Waals surface area contributed by atoms with Gasteiger partial charge in [0.1, 0.15) is 12.2 Å². The quantitative estimate of drug-likeness (QED) is 0.541. The number of hydrogen-bond donors (Lipinski definition) is 0. The summed E-state index contributed by atoms with van der Waals surface area (Å²) in [7, 11) is 0. The van der Waals surface area contributed by atoms with Crippen LogP contribution in [0.15, 0.2) is 0 Å². The number of hydrogen-bond acceptors (Lipinski definition) is 7. The number of esters is 3. The minimum Gasteiger partial charge on any atom is -0.458 e. The Bertz CT molecular complexity index is 378. The highest BCUT2D eigenvalue weighted by Crippen LogP contribution is 2.30. The fraction of sp³-hybridized carbons (Fsp3) is 0.692. The van der Waals surface area contributed by atoms with Crippen LogP contribution < -0.4 is 0 Å². The summed E-state index contributed by atoms with van der Waals surface area (Å²) in [5.74, 6) is -2.27. The van der Waals surface area contributed by atoms with E-state index in [1.54, 1.807) is 0 Å². The summed E-state index contributed by atoms with van der Waals surface area (Å²) >= 11 is 0. The molecular weight excluding hydrogens is 268 g/mol. The molecule has 2 atom stereocenters. The van der Waals surface area contributed by atoms with E-state index >= 15 is 0 Å². The van der Waals surface area contributed by atoms with Crippen LogP contribution in [0.2, 0.25) is 0 Å². The van der Waals surface area contributed by atoms with Gasteiger partial charge >= 0.3 is 17.9 Å². The van der Waals surface area contributed by atoms with Crippen molar-refractivity contribution in [3.05, 3.63) is 0 Å². The van der Waals surface area contributed by atoms with Crippen molar-refractivity contribution in [3.63, 3.8) is 0 Å². The molecule has 0 bridgehead atoms. The van der Waals surface area contributed by atoms with Gasteiger partial charge in [-0.15, -0.1) is 0 Å². The Hall–Kier alpha value is -1.92. The van der Waals surface area contributed by atoms with Gasteiger partial charge in [-0.1, -0.05) is 0 Å². The highest BCUT2D eigenvalue weighted by atomic mass is 16.6. The third-order valence-corrected chi connectivity index (χ3v) is 2.87. The van der Waals surface area contributed by atoms with E-state index in [2.05, 4.69) is 0 Å². The minimum atomic E-state index is -0.912. The van der Waals surface area contributed by atoms with E-state index in [0.29, 0.717) is 0 Å². The maximum Gasteiger partial charge on any atom is 0.303 e. The van der Waals surface area contributed by atoms with E-state index in [1.807, 2.05) is 6.29 Å². The molecule has 20 heavy (non-hydrogen) atoms. The van der Waals surface area contributed by atoms with Crippen LogP contribution in [0.5, 0.6) is 0 Å². The fourth-order valence-electron chi connectivity index (χ4n) is 2.26. The molecule has 1 aliphatic rings. The standard InChI is InChI=1S/C13H17O7/c1-7(15)18-11-4-10(6-14)5-12(19-8(2)16)13(11)20-9(3)17/h10-13H,4-5H2,1-3H3. The normalized spacial score (nSPS) is 29.1. The lowest BCUT2D eigenvalue weighted by Gasteiger charge is -2.37. The van der Waals surface area contributed by atoms with Crippen molar-refractivity contribution in [3.8, 4) is 0 Å². The van der Waals surface area contributed by atoms with Crippen LogP contribution >= 0.6 is 0 Å². The van der Waals surface area contributed by atoms with Gasteiger partial charge in [0.15, 0.2) is 6.10 Å². The molecule has 7 nitrogen and oxygen atoms in total. The topological polar surface area (TPSA) is 96.0 Å². The van der Waals surface area contributed by atoms with Crippen molar-refractivity contribution in [2.24, 2.45) is 5.92 Å². The van der Waals surface area contributed by atoms with Crippen molar-refractivity contribution in [1.29, 1.82) is 0 Å². The number of rotatable bonds is 4. The van der Waals surface area contributed by atoms with Crippen molar-refractivity contribution < 1.29 is 33.4 Å². The average Bonchev–Trinajstić information content (AvgIpc) is 2.30. The zero-order chi connectivity index (χ0) is 15.3. The van der Waals surface area contributed by atoms with Gasteiger partial charge in [-0.25, -0.2) is 0 Å². The molecular formula is C13H17O7. The lowest BCUT2D eigenvalue weighted by molar-refractivity contribution is -0.191. The number of carbonyl (C=O) groups is 3. The van der Waals surface area contributed by atoms with Crippen LogP contribution in [0.4, 0.5) is 0 Å². The predicted octanol–water partition coefficient (Wildman–Crippen LogP) is 0.301. The average molecular weight is 285 g/mol. The van der Waals surface area contributed by atoms with Crippen molar-refractivity contribution in [2.75, 3.05) is 0 Å². The molecule has 0 aliphatic heterocycles. The SMILES string of the molecule is CC(=O)OC1CC([C]=O)CC(OC(C)=O)C1OC(C)=O. The maximum atomic E-state index is 11.1. The summed E-state index contributed by atoms with van der Waals surface area (Å²) in [5.41, 5.74) is 0. The van der Waals surface area contributed by atoms with Crippen LogP contribution in [0.3, 0.4) is 0 Å². The Labute approximate surface area is 116 Å². The number of carbonyl (C=O) groups excluding carboxylic acids is 4. The Kier molecular flexibility index (Phi) is 5.66. The molecule has 7 heteroatoms. The second-order valence-electron chi connectivity index (χ2n) is 4.66. The molecule has 0 saturated heterocycles. The summed E-state index contributed by atoms with van der Waals surface area (Å²) in [5, 5.41) is 0. The Morgan fingerprint density at radius 3 is 1.55 bits per heavy atom. The fourth-order valence-corrected chi connectivity index (χ4v) is 2.26. The molecule has 111 valence electrons. The van der Waals surface area contributed by atoms with Crippen LogP contribution in [-0.4, -0.2) is 42.5 Å². The molecule has 0 heterocycles. The summed E-state index contributed by atoms with van der Waals surface area (Å²) < 4.78 is 15.2. The first-order valence-corrected chi connectivity index (χ1v) is 6.22. The summed E-state index contributed by atoms with van der Waals surface area (Å²) in [6.45, 7) is 3.62. The molecule has 0 N–H and O–H groups in total. The monoisotopic (exact) mass is 285 g/mol. The lowest BCUT2D eigenvalue weighted by Crippen LogP contribution is -2.50. The van der Waals surface area contributed by atoms with Crippen LogP contribution in [-0.2, 0) is 33.4 Å². The van der Waals surface area contributed by atoms with Crippen molar-refractivity contribution in [1.82, 2.24) is 0 Å². The van der Waals surface area contributed by atoms with Crippen LogP contribution in [0, 0.1) is 5.92 Å². The van der Waals surface area contributed by atoms with Gasteiger partial charge in [-0.2, -0.15) is 0 Å². The summed E-state index contributed by atoms with van der Waals surface area (Å²) in [6, 6.07) is 0. The van der Waals surface area contributed by atoms with E-state index in [4.69, 9.17) is 14.2 Å². The molecule has 0 aromatic carbocycles. The largest absolute Gasteiger partial charge is 0.458 e. The smallest absolute Gasteiger partial charge is 0.303 e. The molecule has 1 rings (SSSR count). The molecule has 0 spiro atoms. The highest BCUT2D eigenvalue weighted by molar-refractivity contribution is 5.68. The molecule has 0 aromatic rings. The first-order valence-electron chi connectivity index (χ1n) is 6.22. The first-order chi connectivity index (χ1) is 9.33. The van der Waals surface area contributed by atoms with E-state index in [-0.39, 0.29) is 12.8 Å². The lowest BCUT2D eigenvalue weighted by atomic mass is 9.83. The van der Waals surface area contributed by atoms with Crippen molar-refractivity contribution in [2.45, 2.75) is 51.9 Å². The van der Waals surface area contributed by atoms with Gasteiger partial charge < -0.3 is 14.2 Å².